The van der Waals surface area contributed by atoms with Gasteiger partial charge >= 0.3 is 17.9 Å². The molecule has 1 aliphatic heterocycles. The van der Waals surface area contributed by atoms with E-state index in [1.165, 1.54) is 11.8 Å². The SMILES string of the molecule is CC[C@H](C)[C@@H](C(=O)N(COC(=O)CC(C)C)[C@H](C[C@@H](OC(C)=O)c1nc(C(=O)N[C@@H](Cc2ccccc2)C[C@H](C)C(=O)O)cs1)C(C)C)N(C)C(=O)[C@H]1CCCCN1C. The van der Waals surface area contributed by atoms with E-state index >= 15 is 4.79 Å². The predicted molar refractivity (Wildman–Crippen MR) is 226 cm³/mol. The summed E-state index contributed by atoms with van der Waals surface area (Å²) in [4.78, 5) is 89.8. The van der Waals surface area contributed by atoms with Crippen LogP contribution in [-0.2, 0) is 39.9 Å². The van der Waals surface area contributed by atoms with Crippen LogP contribution in [0.5, 0.6) is 0 Å². The number of carboxylic acids is 1. The molecule has 2 aromatic rings. The highest BCUT2D eigenvalue weighted by Crippen LogP contribution is 2.32. The molecule has 0 unspecified atom stereocenters. The van der Waals surface area contributed by atoms with Crippen molar-refractivity contribution in [3.05, 3.63) is 52.0 Å². The highest BCUT2D eigenvalue weighted by molar-refractivity contribution is 7.09. The van der Waals surface area contributed by atoms with Gasteiger partial charge in [0.2, 0.25) is 11.8 Å². The van der Waals surface area contributed by atoms with Gasteiger partial charge in [0.15, 0.2) is 12.8 Å². The number of likely N-dealkylation sites (N-methyl/N-ethyl adjacent to an activating group) is 2. The molecule has 7 atom stereocenters. The van der Waals surface area contributed by atoms with E-state index in [1.807, 2.05) is 83.8 Å². The summed E-state index contributed by atoms with van der Waals surface area (Å²) in [6.45, 7) is 14.8. The second kappa shape index (κ2) is 23.4. The number of aliphatic carboxylic acids is 1. The number of thiazole rings is 1. The maximum absolute atomic E-state index is 15.0. The molecular weight excluding hydrogens is 775 g/mol. The lowest BCUT2D eigenvalue weighted by Gasteiger charge is -2.42. The molecule has 0 spiro atoms. The van der Waals surface area contributed by atoms with Gasteiger partial charge in [-0.3, -0.25) is 33.7 Å². The third kappa shape index (κ3) is 14.7. The van der Waals surface area contributed by atoms with Gasteiger partial charge in [-0.1, -0.05) is 91.6 Å². The van der Waals surface area contributed by atoms with Crippen molar-refractivity contribution in [3.63, 3.8) is 0 Å². The van der Waals surface area contributed by atoms with Gasteiger partial charge in [0.1, 0.15) is 16.7 Å². The number of nitrogens with one attached hydrogen (secondary N) is 1. The van der Waals surface area contributed by atoms with Gasteiger partial charge in [-0.25, -0.2) is 4.98 Å². The minimum Gasteiger partial charge on any atom is -0.481 e. The minimum absolute atomic E-state index is 0.0236. The van der Waals surface area contributed by atoms with E-state index in [4.69, 9.17) is 9.47 Å². The molecule has 59 heavy (non-hydrogen) atoms. The molecule has 0 bridgehead atoms. The zero-order chi connectivity index (χ0) is 44.0. The maximum Gasteiger partial charge on any atom is 0.307 e. The van der Waals surface area contributed by atoms with Crippen molar-refractivity contribution in [3.8, 4) is 0 Å². The van der Waals surface area contributed by atoms with Crippen LogP contribution in [0.4, 0.5) is 0 Å². The lowest BCUT2D eigenvalue weighted by Crippen LogP contribution is -2.59. The molecule has 3 amide bonds. The number of esters is 2. The standard InChI is InChI=1S/C44H67N5O9S/c1-11-29(6)39(48(10)42(53)35-19-15-16-20-47(35)9)43(54)49(26-57-38(51)21-27(2)3)36(28(4)5)24-37(58-31(8)50)41-46-34(25-59-41)40(52)45-33(22-30(7)44(55)56)23-32-17-13-12-14-18-32/h12-14,17-18,25,27-30,33,35-37,39H,11,15-16,19-24,26H2,1-10H3,(H,45,52)(H,55,56)/t29-,30-,33+,35+,36+,37+,39-/m0/s1. The van der Waals surface area contributed by atoms with Crippen LogP contribution in [0.3, 0.4) is 0 Å². The molecule has 0 saturated carbocycles. The second-order valence-electron chi connectivity index (χ2n) is 16.9. The Balaban J connectivity index is 1.99. The Hall–Kier alpha value is -4.37. The summed E-state index contributed by atoms with van der Waals surface area (Å²) >= 11 is 1.13. The number of amides is 3. The first kappa shape index (κ1) is 49.0. The smallest absolute Gasteiger partial charge is 0.307 e. The first-order valence-corrected chi connectivity index (χ1v) is 21.9. The van der Waals surface area contributed by atoms with E-state index in [1.54, 1.807) is 24.3 Å². The van der Waals surface area contributed by atoms with Crippen LogP contribution >= 0.6 is 11.3 Å². The van der Waals surface area contributed by atoms with Gasteiger partial charge in [-0.2, -0.15) is 0 Å². The molecule has 2 N–H and O–H groups in total. The van der Waals surface area contributed by atoms with E-state index < -0.39 is 54.0 Å². The topological polar surface area (TPSA) is 176 Å². The molecule has 14 nitrogen and oxygen atoms in total. The van der Waals surface area contributed by atoms with Gasteiger partial charge in [0.05, 0.1) is 12.0 Å². The summed E-state index contributed by atoms with van der Waals surface area (Å²) in [5.74, 6) is -4.24. The number of hydrogen-bond donors (Lipinski definition) is 2. The number of aromatic nitrogens is 1. The van der Waals surface area contributed by atoms with Gasteiger partial charge < -0.3 is 29.7 Å². The number of ether oxygens (including phenoxy) is 2. The van der Waals surface area contributed by atoms with Crippen LogP contribution in [0.25, 0.3) is 0 Å². The lowest BCUT2D eigenvalue weighted by atomic mass is 9.91. The Labute approximate surface area is 354 Å². The highest BCUT2D eigenvalue weighted by Gasteiger charge is 2.42. The molecule has 0 radical (unpaired) electrons. The van der Waals surface area contributed by atoms with Crippen molar-refractivity contribution in [2.24, 2.45) is 23.7 Å². The number of likely N-dealkylation sites (tertiary alicyclic amines) is 1. The zero-order valence-electron chi connectivity index (χ0n) is 36.6. The average Bonchev–Trinajstić information content (AvgIpc) is 3.67. The van der Waals surface area contributed by atoms with Crippen molar-refractivity contribution in [1.29, 1.82) is 0 Å². The third-order valence-electron chi connectivity index (χ3n) is 11.2. The molecule has 3 rings (SSSR count). The quantitative estimate of drug-likeness (QED) is 0.0999. The normalized spacial score (nSPS) is 17.6. The van der Waals surface area contributed by atoms with Crippen LogP contribution in [0.1, 0.15) is 127 Å². The summed E-state index contributed by atoms with van der Waals surface area (Å²) in [5.41, 5.74) is 1.01. The second-order valence-corrected chi connectivity index (χ2v) is 17.8. The van der Waals surface area contributed by atoms with E-state index in [-0.39, 0.29) is 67.3 Å². The van der Waals surface area contributed by atoms with Gasteiger partial charge in [0.25, 0.3) is 5.91 Å². The molecule has 1 aliphatic rings. The lowest BCUT2D eigenvalue weighted by molar-refractivity contribution is -0.164. The Morgan fingerprint density at radius 2 is 1.69 bits per heavy atom. The van der Waals surface area contributed by atoms with Gasteiger partial charge in [0, 0.05) is 44.3 Å². The van der Waals surface area contributed by atoms with E-state index in [2.05, 4.69) is 10.3 Å². The highest BCUT2D eigenvalue weighted by atomic mass is 32.1. The molecular formula is C44H67N5O9S. The van der Waals surface area contributed by atoms with Crippen LogP contribution in [0.15, 0.2) is 35.7 Å². The van der Waals surface area contributed by atoms with E-state index in [0.29, 0.717) is 24.3 Å². The Morgan fingerprint density at radius 3 is 2.27 bits per heavy atom. The van der Waals surface area contributed by atoms with Crippen molar-refractivity contribution < 1.29 is 43.3 Å². The van der Waals surface area contributed by atoms with Crippen LogP contribution in [0, 0.1) is 23.7 Å². The number of rotatable bonds is 22. The van der Waals surface area contributed by atoms with Crippen LogP contribution < -0.4 is 5.32 Å². The number of carbonyl (C=O) groups excluding carboxylic acids is 5. The first-order valence-electron chi connectivity index (χ1n) is 21.0. The number of nitrogens with zero attached hydrogens (tertiary/aromatic N) is 4. The molecule has 1 fully saturated rings. The zero-order valence-corrected chi connectivity index (χ0v) is 37.5. The summed E-state index contributed by atoms with van der Waals surface area (Å²) in [6, 6.07) is 7.07. The van der Waals surface area contributed by atoms with Gasteiger partial charge in [-0.05, 0) is 62.6 Å². The number of carboxylic acid groups (broad SMARTS) is 1. The monoisotopic (exact) mass is 841 g/mol. The fraction of sp³-hybridized carbons (Fsp3) is 0.659. The number of hydrogen-bond acceptors (Lipinski definition) is 11. The van der Waals surface area contributed by atoms with Crippen molar-refractivity contribution in [2.45, 2.75) is 137 Å². The molecule has 15 heteroatoms. The van der Waals surface area contributed by atoms with Gasteiger partial charge in [-0.15, -0.1) is 11.3 Å². The summed E-state index contributed by atoms with van der Waals surface area (Å²) in [6.07, 6.45) is 3.04. The van der Waals surface area contributed by atoms with E-state index in [9.17, 15) is 29.1 Å². The Bertz CT molecular complexity index is 1700. The van der Waals surface area contributed by atoms with E-state index in [0.717, 1.165) is 36.3 Å². The maximum atomic E-state index is 15.0. The fourth-order valence-corrected chi connectivity index (χ4v) is 8.44. The summed E-state index contributed by atoms with van der Waals surface area (Å²) in [5, 5.41) is 14.5. The average molecular weight is 842 g/mol. The van der Waals surface area contributed by atoms with Crippen molar-refractivity contribution >= 4 is 47.0 Å². The van der Waals surface area contributed by atoms with Crippen LogP contribution in [0.2, 0.25) is 0 Å². The first-order chi connectivity index (χ1) is 27.8. The molecule has 1 saturated heterocycles. The number of benzene rings is 1. The predicted octanol–water partition coefficient (Wildman–Crippen LogP) is 6.35. The Morgan fingerprint density at radius 1 is 1.02 bits per heavy atom. The Kier molecular flexibility index (Phi) is 19.5. The number of carbonyl (C=O) groups is 6. The minimum atomic E-state index is -0.988. The number of piperidine rings is 1. The fourth-order valence-electron chi connectivity index (χ4n) is 7.60. The van der Waals surface area contributed by atoms with Crippen molar-refractivity contribution in [1.82, 2.24) is 25.0 Å². The molecule has 2 heterocycles. The molecule has 1 aromatic heterocycles. The van der Waals surface area contributed by atoms with Crippen LogP contribution in [-0.4, -0.2) is 112 Å². The largest absolute Gasteiger partial charge is 0.481 e. The summed E-state index contributed by atoms with van der Waals surface area (Å²) < 4.78 is 11.6. The molecule has 1 aromatic carbocycles. The third-order valence-corrected chi connectivity index (χ3v) is 12.1. The molecule has 328 valence electrons. The summed E-state index contributed by atoms with van der Waals surface area (Å²) in [7, 11) is 3.60. The molecule has 0 aliphatic carbocycles. The van der Waals surface area contributed by atoms with Crippen molar-refractivity contribution in [2.75, 3.05) is 27.4 Å².